The number of thioether (sulfide) groups is 1. The number of thiophene rings is 1. The summed E-state index contributed by atoms with van der Waals surface area (Å²) in [6, 6.07) is 14.1. The number of aromatic nitrogens is 3. The summed E-state index contributed by atoms with van der Waals surface area (Å²) >= 11 is 15.5. The molecule has 2 aromatic carbocycles. The lowest BCUT2D eigenvalue weighted by Crippen LogP contribution is -1.99. The van der Waals surface area contributed by atoms with E-state index in [-0.39, 0.29) is 0 Å². The van der Waals surface area contributed by atoms with Crippen LogP contribution in [0.15, 0.2) is 53.0 Å². The summed E-state index contributed by atoms with van der Waals surface area (Å²) < 4.78 is 3.43. The van der Waals surface area contributed by atoms with Crippen LogP contribution in [0, 0.1) is 0 Å². The van der Waals surface area contributed by atoms with Gasteiger partial charge in [-0.25, -0.2) is 0 Å². The molecule has 0 saturated carbocycles. The third-order valence-electron chi connectivity index (χ3n) is 4.11. The second-order valence-corrected chi connectivity index (χ2v) is 8.40. The average Bonchev–Trinajstić information content (AvgIpc) is 3.25. The Hall–Kier alpha value is -1.53. The highest BCUT2D eigenvalue weighted by Gasteiger charge is 2.16. The molecule has 0 bridgehead atoms. The fraction of sp³-hybridized carbons (Fsp3) is 0.158. The topological polar surface area (TPSA) is 30.7 Å². The van der Waals surface area contributed by atoms with Gasteiger partial charge >= 0.3 is 0 Å². The Morgan fingerprint density at radius 1 is 1.08 bits per heavy atom. The molecule has 26 heavy (non-hydrogen) atoms. The number of nitrogens with zero attached hydrogens (tertiary/aromatic N) is 3. The normalized spacial score (nSPS) is 11.3. The number of hydrogen-bond donors (Lipinski definition) is 0. The minimum absolute atomic E-state index is 0.573. The molecular weight excluding hydrogens is 405 g/mol. The zero-order valence-electron chi connectivity index (χ0n) is 13.9. The molecule has 3 nitrogen and oxygen atoms in total. The lowest BCUT2D eigenvalue weighted by Gasteiger charge is -2.07. The Morgan fingerprint density at radius 3 is 2.73 bits per heavy atom. The average molecular weight is 420 g/mol. The van der Waals surface area contributed by atoms with Crippen molar-refractivity contribution in [2.75, 3.05) is 0 Å². The van der Waals surface area contributed by atoms with Gasteiger partial charge < -0.3 is 4.57 Å². The van der Waals surface area contributed by atoms with Crippen LogP contribution in [0.3, 0.4) is 0 Å². The van der Waals surface area contributed by atoms with Crippen molar-refractivity contribution in [1.82, 2.24) is 14.8 Å². The maximum absolute atomic E-state index is 6.11. The number of benzene rings is 2. The van der Waals surface area contributed by atoms with Crippen LogP contribution in [-0.4, -0.2) is 14.8 Å². The summed E-state index contributed by atoms with van der Waals surface area (Å²) in [5, 5.41) is 14.3. The zero-order chi connectivity index (χ0) is 18.1. The monoisotopic (exact) mass is 419 g/mol. The first-order chi connectivity index (χ1) is 12.7. The summed E-state index contributed by atoms with van der Waals surface area (Å²) in [6.45, 7) is 2.93. The first-order valence-corrected chi connectivity index (χ1v) is 10.8. The minimum Gasteiger partial charge on any atom is -0.302 e. The third-order valence-corrected chi connectivity index (χ3v) is 6.85. The highest BCUT2D eigenvalue weighted by Crippen LogP contribution is 2.35. The van der Waals surface area contributed by atoms with Crippen molar-refractivity contribution in [1.29, 1.82) is 0 Å². The molecule has 4 aromatic rings. The lowest BCUT2D eigenvalue weighted by atomic mass is 10.1. The van der Waals surface area contributed by atoms with Crippen molar-refractivity contribution in [2.45, 2.75) is 24.4 Å². The molecule has 0 aliphatic rings. The molecule has 4 rings (SSSR count). The maximum atomic E-state index is 6.11. The first-order valence-electron chi connectivity index (χ1n) is 8.14. The predicted octanol–water partition coefficient (Wildman–Crippen LogP) is 6.78. The molecule has 0 N–H and O–H groups in total. The molecule has 0 aliphatic carbocycles. The molecule has 0 unspecified atom stereocenters. The number of rotatable bonds is 5. The van der Waals surface area contributed by atoms with Gasteiger partial charge in [0.05, 0.1) is 10.0 Å². The third kappa shape index (κ3) is 3.37. The van der Waals surface area contributed by atoms with Crippen LogP contribution >= 0.6 is 46.3 Å². The van der Waals surface area contributed by atoms with E-state index >= 15 is 0 Å². The van der Waals surface area contributed by atoms with Gasteiger partial charge in [-0.2, -0.15) is 0 Å². The predicted molar refractivity (Wildman–Crippen MR) is 113 cm³/mol. The first kappa shape index (κ1) is 17.9. The van der Waals surface area contributed by atoms with Gasteiger partial charge in [0.25, 0.3) is 0 Å². The van der Waals surface area contributed by atoms with Crippen LogP contribution in [0.5, 0.6) is 0 Å². The van der Waals surface area contributed by atoms with E-state index in [0.29, 0.717) is 10.0 Å². The highest BCUT2D eigenvalue weighted by atomic mass is 35.5. The van der Waals surface area contributed by atoms with E-state index in [1.165, 1.54) is 10.1 Å². The highest BCUT2D eigenvalue weighted by molar-refractivity contribution is 7.98. The van der Waals surface area contributed by atoms with Crippen LogP contribution < -0.4 is 0 Å². The van der Waals surface area contributed by atoms with Gasteiger partial charge in [-0.3, -0.25) is 0 Å². The standard InChI is InChI=1S/C19H15Cl2N3S2/c1-2-24-18(14-11-25-17-6-4-3-5-13(14)17)22-23-19(24)26-10-12-7-8-15(20)16(21)9-12/h3-9,11H,2,10H2,1H3. The fourth-order valence-corrected chi connectivity index (χ4v) is 5.01. The molecule has 0 spiro atoms. The summed E-state index contributed by atoms with van der Waals surface area (Å²) in [6.07, 6.45) is 0. The number of hydrogen-bond acceptors (Lipinski definition) is 4. The molecule has 132 valence electrons. The van der Waals surface area contributed by atoms with Gasteiger partial charge in [-0.05, 0) is 30.7 Å². The molecule has 0 fully saturated rings. The molecule has 0 radical (unpaired) electrons. The van der Waals surface area contributed by atoms with Crippen molar-refractivity contribution in [2.24, 2.45) is 0 Å². The summed E-state index contributed by atoms with van der Waals surface area (Å²) in [5.41, 5.74) is 2.25. The van der Waals surface area contributed by atoms with E-state index in [1.54, 1.807) is 23.1 Å². The second-order valence-electron chi connectivity index (χ2n) is 5.73. The van der Waals surface area contributed by atoms with Crippen molar-refractivity contribution in [3.63, 3.8) is 0 Å². The van der Waals surface area contributed by atoms with Gasteiger partial charge in [-0.1, -0.05) is 59.2 Å². The Bertz CT molecular complexity index is 1070. The van der Waals surface area contributed by atoms with E-state index in [4.69, 9.17) is 23.2 Å². The van der Waals surface area contributed by atoms with Crippen molar-refractivity contribution >= 4 is 56.4 Å². The number of fused-ring (bicyclic) bond motifs is 1. The fourth-order valence-electron chi connectivity index (χ4n) is 2.81. The van der Waals surface area contributed by atoms with E-state index < -0.39 is 0 Å². The Labute approximate surface area is 170 Å². The Balaban J connectivity index is 1.63. The van der Waals surface area contributed by atoms with Gasteiger partial charge in [-0.15, -0.1) is 21.5 Å². The number of halogens is 2. The second kappa shape index (κ2) is 7.61. The molecule has 2 aromatic heterocycles. The lowest BCUT2D eigenvalue weighted by molar-refractivity contribution is 0.687. The summed E-state index contributed by atoms with van der Waals surface area (Å²) in [4.78, 5) is 0. The van der Waals surface area contributed by atoms with Crippen LogP contribution in [0.4, 0.5) is 0 Å². The van der Waals surface area contributed by atoms with Gasteiger partial charge in [0, 0.05) is 33.3 Å². The van der Waals surface area contributed by atoms with Gasteiger partial charge in [0.1, 0.15) is 0 Å². The maximum Gasteiger partial charge on any atom is 0.191 e. The smallest absolute Gasteiger partial charge is 0.191 e. The molecule has 0 aliphatic heterocycles. The Kier molecular flexibility index (Phi) is 5.23. The largest absolute Gasteiger partial charge is 0.302 e. The van der Waals surface area contributed by atoms with Gasteiger partial charge in [0.2, 0.25) is 0 Å². The van der Waals surface area contributed by atoms with E-state index in [1.807, 2.05) is 18.2 Å². The van der Waals surface area contributed by atoms with E-state index in [0.717, 1.165) is 34.4 Å². The Morgan fingerprint density at radius 2 is 1.92 bits per heavy atom. The molecule has 0 saturated heterocycles. The van der Waals surface area contributed by atoms with E-state index in [2.05, 4.69) is 51.3 Å². The molecule has 0 amide bonds. The summed E-state index contributed by atoms with van der Waals surface area (Å²) in [5.74, 6) is 1.68. The van der Waals surface area contributed by atoms with Crippen LogP contribution in [0.2, 0.25) is 10.0 Å². The summed E-state index contributed by atoms with van der Waals surface area (Å²) in [7, 11) is 0. The molecule has 7 heteroatoms. The van der Waals surface area contributed by atoms with Crippen molar-refractivity contribution < 1.29 is 0 Å². The van der Waals surface area contributed by atoms with Crippen LogP contribution in [0.1, 0.15) is 12.5 Å². The van der Waals surface area contributed by atoms with Gasteiger partial charge in [0.15, 0.2) is 11.0 Å². The van der Waals surface area contributed by atoms with Crippen LogP contribution in [0.25, 0.3) is 21.5 Å². The van der Waals surface area contributed by atoms with Crippen molar-refractivity contribution in [3.8, 4) is 11.4 Å². The quantitative estimate of drug-likeness (QED) is 0.334. The SMILES string of the molecule is CCn1c(SCc2ccc(Cl)c(Cl)c2)nnc1-c1csc2ccccc12. The molecular formula is C19H15Cl2N3S2. The zero-order valence-corrected chi connectivity index (χ0v) is 17.1. The van der Waals surface area contributed by atoms with Crippen molar-refractivity contribution in [3.05, 3.63) is 63.5 Å². The minimum atomic E-state index is 0.573. The van der Waals surface area contributed by atoms with Crippen LogP contribution in [-0.2, 0) is 12.3 Å². The van der Waals surface area contributed by atoms with E-state index in [9.17, 15) is 0 Å². The molecule has 2 heterocycles. The molecule has 0 atom stereocenters.